The fourth-order valence-electron chi connectivity index (χ4n) is 1.05. The predicted octanol–water partition coefficient (Wildman–Crippen LogP) is 0.202. The Morgan fingerprint density at radius 1 is 1.35 bits per heavy atom. The SMILES string of the molecule is CNc1nc(OC)nc(Sc2ncnn2C)n1. The van der Waals surface area contributed by atoms with Crippen LogP contribution in [0.15, 0.2) is 16.6 Å². The highest BCUT2D eigenvalue weighted by Crippen LogP contribution is 2.23. The molecule has 2 heterocycles. The monoisotopic (exact) mass is 253 g/mol. The van der Waals surface area contributed by atoms with Gasteiger partial charge in [-0.15, -0.1) is 0 Å². The minimum atomic E-state index is 0.258. The molecule has 8 nitrogen and oxygen atoms in total. The summed E-state index contributed by atoms with van der Waals surface area (Å²) in [4.78, 5) is 16.4. The highest BCUT2D eigenvalue weighted by Gasteiger charge is 2.10. The van der Waals surface area contributed by atoms with Gasteiger partial charge in [-0.05, 0) is 11.8 Å². The number of ether oxygens (including phenoxy) is 1. The molecule has 0 aliphatic rings. The van der Waals surface area contributed by atoms with Gasteiger partial charge in [-0.2, -0.15) is 20.1 Å². The van der Waals surface area contributed by atoms with Crippen LogP contribution in [0.1, 0.15) is 0 Å². The van der Waals surface area contributed by atoms with Gasteiger partial charge >= 0.3 is 6.01 Å². The lowest BCUT2D eigenvalue weighted by Crippen LogP contribution is -2.03. The van der Waals surface area contributed by atoms with Crippen molar-refractivity contribution in [1.29, 1.82) is 0 Å². The maximum absolute atomic E-state index is 4.99. The summed E-state index contributed by atoms with van der Waals surface area (Å²) in [5.41, 5.74) is 0. The van der Waals surface area contributed by atoms with Gasteiger partial charge < -0.3 is 10.1 Å². The van der Waals surface area contributed by atoms with E-state index in [0.29, 0.717) is 16.3 Å². The zero-order valence-corrected chi connectivity index (χ0v) is 10.4. The van der Waals surface area contributed by atoms with Gasteiger partial charge in [0.05, 0.1) is 7.11 Å². The normalized spacial score (nSPS) is 10.3. The van der Waals surface area contributed by atoms with Crippen LogP contribution in [0.3, 0.4) is 0 Å². The van der Waals surface area contributed by atoms with E-state index in [0.717, 1.165) is 0 Å². The molecule has 2 aromatic heterocycles. The van der Waals surface area contributed by atoms with Gasteiger partial charge in [0, 0.05) is 14.1 Å². The third-order valence-corrected chi connectivity index (χ3v) is 2.77. The Morgan fingerprint density at radius 2 is 2.18 bits per heavy atom. The maximum atomic E-state index is 4.99. The Hall–Kier alpha value is -1.90. The van der Waals surface area contributed by atoms with E-state index >= 15 is 0 Å². The van der Waals surface area contributed by atoms with E-state index in [1.165, 1.54) is 25.2 Å². The number of aromatic nitrogens is 6. The van der Waals surface area contributed by atoms with Gasteiger partial charge in [-0.3, -0.25) is 0 Å². The number of nitrogens with one attached hydrogen (secondary N) is 1. The Morgan fingerprint density at radius 3 is 2.76 bits per heavy atom. The summed E-state index contributed by atoms with van der Waals surface area (Å²) in [5.74, 6) is 0.446. The first-order chi connectivity index (χ1) is 8.22. The lowest BCUT2D eigenvalue weighted by atomic mass is 10.9. The average molecular weight is 253 g/mol. The topological polar surface area (TPSA) is 90.6 Å². The van der Waals surface area contributed by atoms with E-state index in [1.807, 2.05) is 0 Å². The van der Waals surface area contributed by atoms with E-state index in [1.54, 1.807) is 18.8 Å². The third kappa shape index (κ3) is 2.61. The van der Waals surface area contributed by atoms with Crippen molar-refractivity contribution in [2.75, 3.05) is 19.5 Å². The molecule has 0 amide bonds. The van der Waals surface area contributed by atoms with Crippen LogP contribution < -0.4 is 10.1 Å². The second-order valence-electron chi connectivity index (χ2n) is 2.95. The van der Waals surface area contributed by atoms with Crippen LogP contribution in [0.2, 0.25) is 0 Å². The summed E-state index contributed by atoms with van der Waals surface area (Å²) in [6, 6.07) is 0.258. The van der Waals surface area contributed by atoms with Crippen molar-refractivity contribution in [3.63, 3.8) is 0 Å². The minimum absolute atomic E-state index is 0.258. The molecule has 0 radical (unpaired) electrons. The third-order valence-electron chi connectivity index (χ3n) is 1.85. The Labute approximate surface area is 102 Å². The van der Waals surface area contributed by atoms with Crippen molar-refractivity contribution in [3.05, 3.63) is 6.33 Å². The van der Waals surface area contributed by atoms with Crippen molar-refractivity contribution in [2.45, 2.75) is 10.3 Å². The molecule has 0 aliphatic heterocycles. The molecule has 0 aromatic carbocycles. The molecule has 0 saturated heterocycles. The van der Waals surface area contributed by atoms with Crippen LogP contribution in [0.25, 0.3) is 0 Å². The highest BCUT2D eigenvalue weighted by atomic mass is 32.2. The number of nitrogens with zero attached hydrogens (tertiary/aromatic N) is 6. The molecule has 9 heteroatoms. The van der Waals surface area contributed by atoms with Crippen LogP contribution in [0.5, 0.6) is 6.01 Å². The standard InChI is InChI=1S/C8H11N7OS/c1-9-5-12-6(16-3)14-7(13-5)17-8-10-4-11-15(8)2/h4H,1-3H3,(H,9,12,13,14). The first kappa shape index (κ1) is 11.6. The number of anilines is 1. The predicted molar refractivity (Wildman–Crippen MR) is 61.1 cm³/mol. The molecule has 0 atom stereocenters. The summed E-state index contributed by atoms with van der Waals surface area (Å²) in [6.07, 6.45) is 1.47. The smallest absolute Gasteiger partial charge is 0.321 e. The second kappa shape index (κ2) is 4.95. The number of rotatable bonds is 4. The molecule has 1 N–H and O–H groups in total. The Kier molecular flexibility index (Phi) is 3.38. The van der Waals surface area contributed by atoms with E-state index in [9.17, 15) is 0 Å². The van der Waals surface area contributed by atoms with Crippen LogP contribution in [0, 0.1) is 0 Å². The number of methoxy groups -OCH3 is 1. The quantitative estimate of drug-likeness (QED) is 0.826. The van der Waals surface area contributed by atoms with E-state index < -0.39 is 0 Å². The van der Waals surface area contributed by atoms with Crippen molar-refractivity contribution >= 4 is 17.7 Å². The van der Waals surface area contributed by atoms with Gasteiger partial charge in [0.1, 0.15) is 6.33 Å². The Balaban J connectivity index is 2.29. The Bertz CT molecular complexity index is 492. The van der Waals surface area contributed by atoms with Crippen LogP contribution in [0.4, 0.5) is 5.95 Å². The molecule has 17 heavy (non-hydrogen) atoms. The lowest BCUT2D eigenvalue weighted by molar-refractivity contribution is 0.373. The molecule has 90 valence electrons. The first-order valence-electron chi connectivity index (χ1n) is 4.72. The van der Waals surface area contributed by atoms with Gasteiger partial charge in [-0.25, -0.2) is 9.67 Å². The lowest BCUT2D eigenvalue weighted by Gasteiger charge is -2.04. The fourth-order valence-corrected chi connectivity index (χ4v) is 1.74. The number of aryl methyl sites for hydroxylation is 1. The zero-order valence-electron chi connectivity index (χ0n) is 9.58. The largest absolute Gasteiger partial charge is 0.467 e. The van der Waals surface area contributed by atoms with Gasteiger partial charge in [0.15, 0.2) is 5.16 Å². The zero-order chi connectivity index (χ0) is 12.3. The molecule has 0 spiro atoms. The van der Waals surface area contributed by atoms with Gasteiger partial charge in [0.2, 0.25) is 11.1 Å². The first-order valence-corrected chi connectivity index (χ1v) is 5.54. The molecule has 2 rings (SSSR count). The van der Waals surface area contributed by atoms with Crippen molar-refractivity contribution in [2.24, 2.45) is 7.05 Å². The van der Waals surface area contributed by atoms with E-state index in [2.05, 4.69) is 30.4 Å². The van der Waals surface area contributed by atoms with E-state index in [4.69, 9.17) is 4.74 Å². The molecule has 0 aliphatic carbocycles. The summed E-state index contributed by atoms with van der Waals surface area (Å²) < 4.78 is 6.63. The summed E-state index contributed by atoms with van der Waals surface area (Å²) in [6.45, 7) is 0. The number of hydrogen-bond donors (Lipinski definition) is 1. The molecule has 0 unspecified atom stereocenters. The maximum Gasteiger partial charge on any atom is 0.321 e. The van der Waals surface area contributed by atoms with Gasteiger partial charge in [-0.1, -0.05) is 0 Å². The van der Waals surface area contributed by atoms with Crippen LogP contribution in [-0.4, -0.2) is 43.9 Å². The highest BCUT2D eigenvalue weighted by molar-refractivity contribution is 7.99. The molecule has 0 bridgehead atoms. The van der Waals surface area contributed by atoms with Crippen LogP contribution in [-0.2, 0) is 7.05 Å². The molecule has 2 aromatic rings. The molecular formula is C8H11N7OS. The summed E-state index contributed by atoms with van der Waals surface area (Å²) >= 11 is 1.29. The molecular weight excluding hydrogens is 242 g/mol. The summed E-state index contributed by atoms with van der Waals surface area (Å²) in [7, 11) is 5.03. The number of hydrogen-bond acceptors (Lipinski definition) is 8. The summed E-state index contributed by atoms with van der Waals surface area (Å²) in [5, 5.41) is 7.99. The van der Waals surface area contributed by atoms with Gasteiger partial charge in [0.25, 0.3) is 0 Å². The average Bonchev–Trinajstić information content (AvgIpc) is 2.74. The van der Waals surface area contributed by atoms with Crippen molar-refractivity contribution in [3.8, 4) is 6.01 Å². The van der Waals surface area contributed by atoms with Crippen molar-refractivity contribution in [1.82, 2.24) is 29.7 Å². The van der Waals surface area contributed by atoms with Crippen molar-refractivity contribution < 1.29 is 4.74 Å². The fraction of sp³-hybridized carbons (Fsp3) is 0.375. The van der Waals surface area contributed by atoms with E-state index in [-0.39, 0.29) is 6.01 Å². The molecule has 0 fully saturated rings. The molecule has 0 saturated carbocycles. The van der Waals surface area contributed by atoms with Crippen LogP contribution >= 0.6 is 11.8 Å². The minimum Gasteiger partial charge on any atom is -0.467 e. The second-order valence-corrected chi connectivity index (χ2v) is 3.88.